The zero-order valence-corrected chi connectivity index (χ0v) is 24.6. The average Bonchev–Trinajstić information content (AvgIpc) is 3.54. The van der Waals surface area contributed by atoms with Gasteiger partial charge in [-0.25, -0.2) is 17.4 Å². The highest BCUT2D eigenvalue weighted by atomic mass is 32.2. The molecule has 1 saturated carbocycles. The molecule has 2 aromatic carbocycles. The van der Waals surface area contributed by atoms with Crippen molar-refractivity contribution in [3.05, 3.63) is 78.1 Å². The topological polar surface area (TPSA) is 87.4 Å². The van der Waals surface area contributed by atoms with Crippen LogP contribution in [0.3, 0.4) is 0 Å². The number of nitrogens with one attached hydrogen (secondary N) is 1. The van der Waals surface area contributed by atoms with Crippen LogP contribution in [0, 0.1) is 0 Å². The highest BCUT2D eigenvalue weighted by Gasteiger charge is 2.27. The summed E-state index contributed by atoms with van der Waals surface area (Å²) in [7, 11) is 1.31. The molecule has 0 spiro atoms. The number of ether oxygens (including phenoxy) is 2. The lowest BCUT2D eigenvalue weighted by molar-refractivity contribution is 0.355. The van der Waals surface area contributed by atoms with Gasteiger partial charge in [0.05, 0.1) is 31.2 Å². The summed E-state index contributed by atoms with van der Waals surface area (Å²) in [5.41, 5.74) is 4.46. The molecule has 0 radical (unpaired) electrons. The molecule has 8 nitrogen and oxygen atoms in total. The first-order chi connectivity index (χ1) is 19.9. The number of nitrogens with zero attached hydrogens (tertiary/aromatic N) is 3. The van der Waals surface area contributed by atoms with E-state index < -0.39 is 10.0 Å². The van der Waals surface area contributed by atoms with Crippen LogP contribution >= 0.6 is 0 Å². The molecule has 1 aliphatic rings. The Kier molecular flexibility index (Phi) is 7.48. The van der Waals surface area contributed by atoms with E-state index >= 15 is 0 Å². The zero-order valence-electron chi connectivity index (χ0n) is 23.8. The molecule has 9 heteroatoms. The second-order valence-electron chi connectivity index (χ2n) is 10.8. The summed E-state index contributed by atoms with van der Waals surface area (Å²) >= 11 is 0. The van der Waals surface area contributed by atoms with Gasteiger partial charge in [-0.15, -0.1) is 0 Å². The minimum Gasteiger partial charge on any atom is -0.493 e. The summed E-state index contributed by atoms with van der Waals surface area (Å²) < 4.78 is 43.0. The van der Waals surface area contributed by atoms with Crippen molar-refractivity contribution in [1.82, 2.24) is 18.8 Å². The van der Waals surface area contributed by atoms with Crippen molar-refractivity contribution in [1.29, 1.82) is 0 Å². The number of aryl methyl sites for hydroxylation is 1. The van der Waals surface area contributed by atoms with Crippen molar-refractivity contribution in [2.24, 2.45) is 7.05 Å². The highest BCUT2D eigenvalue weighted by Crippen LogP contribution is 2.40. The molecular weight excluding hydrogens is 536 g/mol. The summed E-state index contributed by atoms with van der Waals surface area (Å²) in [6.07, 6.45) is 9.82. The maximum absolute atomic E-state index is 14.2. The lowest BCUT2D eigenvalue weighted by atomic mass is 9.95. The Morgan fingerprint density at radius 3 is 2.41 bits per heavy atom. The van der Waals surface area contributed by atoms with Crippen LogP contribution in [0.1, 0.15) is 43.2 Å². The molecule has 6 rings (SSSR count). The fraction of sp³-hybridized carbons (Fsp3) is 0.344. The summed E-state index contributed by atoms with van der Waals surface area (Å²) in [5, 5.41) is 5.42. The Balaban J connectivity index is 1.54. The molecule has 5 aromatic rings. The van der Waals surface area contributed by atoms with Crippen molar-refractivity contribution in [2.75, 3.05) is 14.2 Å². The fourth-order valence-electron chi connectivity index (χ4n) is 6.08. The number of fused-ring (bicyclic) bond motifs is 2. The average molecular weight is 573 g/mol. The van der Waals surface area contributed by atoms with E-state index in [1.165, 1.54) is 36.1 Å². The molecule has 3 aromatic heterocycles. The third-order valence-corrected chi connectivity index (χ3v) is 9.80. The second-order valence-corrected chi connectivity index (χ2v) is 12.7. The molecule has 0 saturated heterocycles. The van der Waals surface area contributed by atoms with Crippen LogP contribution in [0.5, 0.6) is 11.5 Å². The fourth-order valence-corrected chi connectivity index (χ4v) is 7.68. The Morgan fingerprint density at radius 2 is 1.68 bits per heavy atom. The van der Waals surface area contributed by atoms with Crippen LogP contribution in [0.15, 0.2) is 67.0 Å². The minimum atomic E-state index is -3.85. The first-order valence-electron chi connectivity index (χ1n) is 14.1. The Labute approximate surface area is 241 Å². The molecule has 1 N–H and O–H groups in total. The number of benzene rings is 2. The summed E-state index contributed by atoms with van der Waals surface area (Å²) in [5.74, 6) is 1.05. The van der Waals surface area contributed by atoms with Crippen LogP contribution in [-0.4, -0.2) is 42.2 Å². The van der Waals surface area contributed by atoms with Crippen molar-refractivity contribution >= 4 is 32.0 Å². The van der Waals surface area contributed by atoms with E-state index in [0.29, 0.717) is 35.4 Å². The van der Waals surface area contributed by atoms with Gasteiger partial charge in [0.2, 0.25) is 10.0 Å². The minimum absolute atomic E-state index is 0.140. The van der Waals surface area contributed by atoms with Crippen molar-refractivity contribution in [3.8, 4) is 22.8 Å². The Bertz CT molecular complexity index is 1800. The summed E-state index contributed by atoms with van der Waals surface area (Å²) in [4.78, 5) is 4.64. The molecule has 0 bridgehead atoms. The van der Waals surface area contributed by atoms with Gasteiger partial charge in [-0.3, -0.25) is 0 Å². The standard InChI is InChI=1S/C32H36N4O4S/c1-35-20-27(26-17-30(39-2)31(40-3)18-28(26)35)29-16-25-23(19-34-24-12-8-5-9-13-24)14-15-33-32(25)36(29)41(37,38)21-22-10-6-4-7-11-22/h4,6-7,10-11,14-18,20,24,34H,5,8-9,12-13,19,21H2,1-3H3. The van der Waals surface area contributed by atoms with E-state index in [-0.39, 0.29) is 5.75 Å². The van der Waals surface area contributed by atoms with Crippen LogP contribution < -0.4 is 14.8 Å². The molecule has 1 fully saturated rings. The van der Waals surface area contributed by atoms with Gasteiger partial charge in [-0.2, -0.15) is 0 Å². The maximum atomic E-state index is 14.2. The van der Waals surface area contributed by atoms with E-state index in [9.17, 15) is 8.42 Å². The van der Waals surface area contributed by atoms with E-state index in [2.05, 4.69) is 10.3 Å². The number of aromatic nitrogens is 3. The molecule has 41 heavy (non-hydrogen) atoms. The van der Waals surface area contributed by atoms with Gasteiger partial charge in [0.25, 0.3) is 0 Å². The number of methoxy groups -OCH3 is 2. The molecule has 0 atom stereocenters. The van der Waals surface area contributed by atoms with Gasteiger partial charge < -0.3 is 19.4 Å². The quantitative estimate of drug-likeness (QED) is 0.233. The number of hydrogen-bond donors (Lipinski definition) is 1. The van der Waals surface area contributed by atoms with Crippen molar-refractivity contribution < 1.29 is 17.9 Å². The molecule has 0 amide bonds. The number of hydrogen-bond acceptors (Lipinski definition) is 6. The lowest BCUT2D eigenvalue weighted by Crippen LogP contribution is -2.30. The largest absolute Gasteiger partial charge is 0.493 e. The summed E-state index contributed by atoms with van der Waals surface area (Å²) in [6, 6.07) is 17.6. The third-order valence-electron chi connectivity index (χ3n) is 8.18. The Morgan fingerprint density at radius 1 is 0.951 bits per heavy atom. The Hall–Kier alpha value is -3.82. The maximum Gasteiger partial charge on any atom is 0.244 e. The smallest absolute Gasteiger partial charge is 0.244 e. The first kappa shape index (κ1) is 27.4. The van der Waals surface area contributed by atoms with Crippen molar-refractivity contribution in [3.63, 3.8) is 0 Å². The molecule has 3 heterocycles. The number of pyridine rings is 1. The highest BCUT2D eigenvalue weighted by molar-refractivity contribution is 7.89. The predicted molar refractivity (Wildman–Crippen MR) is 163 cm³/mol. The molecular formula is C32H36N4O4S. The lowest BCUT2D eigenvalue weighted by Gasteiger charge is -2.23. The van der Waals surface area contributed by atoms with E-state index in [1.54, 1.807) is 20.4 Å². The molecule has 0 aliphatic heterocycles. The number of rotatable bonds is 9. The normalized spacial score (nSPS) is 14.6. The zero-order chi connectivity index (χ0) is 28.6. The van der Waals surface area contributed by atoms with Gasteiger partial charge >= 0.3 is 0 Å². The van der Waals surface area contributed by atoms with Gasteiger partial charge in [0, 0.05) is 54.4 Å². The third kappa shape index (κ3) is 5.20. The van der Waals surface area contributed by atoms with Gasteiger partial charge in [0.1, 0.15) is 0 Å². The van der Waals surface area contributed by atoms with Crippen LogP contribution in [0.2, 0.25) is 0 Å². The van der Waals surface area contributed by atoms with E-state index in [4.69, 9.17) is 9.47 Å². The molecule has 0 unspecified atom stereocenters. The first-order valence-corrected chi connectivity index (χ1v) is 15.7. The monoisotopic (exact) mass is 572 g/mol. The van der Waals surface area contributed by atoms with Gasteiger partial charge in [-0.1, -0.05) is 49.6 Å². The van der Waals surface area contributed by atoms with E-state index in [0.717, 1.165) is 33.0 Å². The SMILES string of the molecule is COc1cc2c(-c3cc4c(CNC5CCCCC5)ccnc4n3S(=O)(=O)Cc3ccccc3)cn(C)c2cc1OC. The summed E-state index contributed by atoms with van der Waals surface area (Å²) in [6.45, 7) is 0.659. The van der Waals surface area contributed by atoms with Gasteiger partial charge in [-0.05, 0) is 42.2 Å². The van der Waals surface area contributed by atoms with Crippen LogP contribution in [0.25, 0.3) is 33.2 Å². The second kappa shape index (κ2) is 11.2. The van der Waals surface area contributed by atoms with Crippen LogP contribution in [-0.2, 0) is 29.4 Å². The van der Waals surface area contributed by atoms with Crippen LogP contribution in [0.4, 0.5) is 0 Å². The predicted octanol–water partition coefficient (Wildman–Crippen LogP) is 6.01. The van der Waals surface area contributed by atoms with Crippen molar-refractivity contribution in [2.45, 2.75) is 50.4 Å². The molecule has 1 aliphatic carbocycles. The van der Waals surface area contributed by atoms with E-state index in [1.807, 2.05) is 72.4 Å². The molecule has 214 valence electrons. The van der Waals surface area contributed by atoms with Gasteiger partial charge in [0.15, 0.2) is 17.1 Å².